The minimum absolute atomic E-state index is 0.0129. The molecule has 0 bridgehead atoms. The Morgan fingerprint density at radius 2 is 1.60 bits per heavy atom. The molecule has 1 amide bonds. The summed E-state index contributed by atoms with van der Waals surface area (Å²) in [6.45, 7) is 4.90. The summed E-state index contributed by atoms with van der Waals surface area (Å²) >= 11 is 9.50. The van der Waals surface area contributed by atoms with Crippen molar-refractivity contribution in [3.05, 3.63) is 87.4 Å². The maximum atomic E-state index is 11.8. The maximum absolute atomic E-state index is 11.8. The summed E-state index contributed by atoms with van der Waals surface area (Å²) in [7, 11) is 0. The zero-order valence-electron chi connectivity index (χ0n) is 16.9. The quantitative estimate of drug-likeness (QED) is 0.364. The smallest absolute Gasteiger partial charge is 0.226 e. The molecule has 3 aromatic carbocycles. The molecule has 0 aromatic heterocycles. The topological polar surface area (TPSA) is 50.4 Å². The fourth-order valence-corrected chi connectivity index (χ4v) is 3.34. The molecule has 0 saturated heterocycles. The first-order valence-corrected chi connectivity index (χ1v) is 10.9. The van der Waals surface area contributed by atoms with Crippen molar-refractivity contribution in [1.82, 2.24) is 0 Å². The molecule has 0 atom stereocenters. The normalized spacial score (nSPS) is 10.7. The average molecular weight is 488 g/mol. The number of hydrogen-bond donors (Lipinski definition) is 2. The van der Waals surface area contributed by atoms with Gasteiger partial charge < -0.3 is 15.4 Å². The summed E-state index contributed by atoms with van der Waals surface area (Å²) in [5.41, 5.74) is 3.96. The van der Waals surface area contributed by atoms with Crippen molar-refractivity contribution in [3.8, 4) is 5.75 Å². The molecule has 0 aliphatic rings. The first kappa shape index (κ1) is 22.2. The van der Waals surface area contributed by atoms with Crippen LogP contribution in [-0.2, 0) is 17.9 Å². The first-order chi connectivity index (χ1) is 14.4. The van der Waals surface area contributed by atoms with E-state index in [9.17, 15) is 4.79 Å². The Balaban J connectivity index is 1.52. The largest absolute Gasteiger partial charge is 0.488 e. The highest BCUT2D eigenvalue weighted by Crippen LogP contribution is 2.27. The fraction of sp³-hybridized carbons (Fsp3) is 0.208. The molecular formula is C24H24BrClN2O2. The minimum atomic E-state index is -0.0422. The van der Waals surface area contributed by atoms with Gasteiger partial charge in [-0.05, 0) is 75.6 Å². The number of nitrogens with one attached hydrogen (secondary N) is 2. The lowest BCUT2D eigenvalue weighted by Gasteiger charge is -2.12. The molecular weight excluding hydrogens is 464 g/mol. The standard InChI is InChI=1S/C24H24BrClN2O2/c1-16(2)24(29)28-21-10-8-20(9-11-21)27-14-18-5-12-23(22(25)13-18)30-15-17-3-6-19(26)7-4-17/h3-13,16,27H,14-15H2,1-2H3,(H,28,29). The zero-order valence-corrected chi connectivity index (χ0v) is 19.3. The van der Waals surface area contributed by atoms with Gasteiger partial charge >= 0.3 is 0 Å². The van der Waals surface area contributed by atoms with Gasteiger partial charge in [0.1, 0.15) is 12.4 Å². The Labute approximate surface area is 190 Å². The summed E-state index contributed by atoms with van der Waals surface area (Å²) < 4.78 is 6.80. The maximum Gasteiger partial charge on any atom is 0.226 e. The average Bonchev–Trinajstić information content (AvgIpc) is 2.73. The van der Waals surface area contributed by atoms with Gasteiger partial charge in [0.2, 0.25) is 5.91 Å². The number of hydrogen-bond acceptors (Lipinski definition) is 3. The van der Waals surface area contributed by atoms with E-state index in [1.54, 1.807) is 0 Å². The second-order valence-electron chi connectivity index (χ2n) is 7.25. The van der Waals surface area contributed by atoms with Crippen molar-refractivity contribution in [3.63, 3.8) is 0 Å². The molecule has 0 unspecified atom stereocenters. The van der Waals surface area contributed by atoms with E-state index in [2.05, 4.69) is 26.6 Å². The van der Waals surface area contributed by atoms with Crippen molar-refractivity contribution in [2.45, 2.75) is 27.0 Å². The lowest BCUT2D eigenvalue weighted by molar-refractivity contribution is -0.118. The van der Waals surface area contributed by atoms with E-state index in [0.717, 1.165) is 32.7 Å². The molecule has 0 heterocycles. The third-order valence-electron chi connectivity index (χ3n) is 4.48. The van der Waals surface area contributed by atoms with Crippen molar-refractivity contribution in [2.24, 2.45) is 5.92 Å². The summed E-state index contributed by atoms with van der Waals surface area (Å²) in [6, 6.07) is 21.3. The number of carbonyl (C=O) groups is 1. The third kappa shape index (κ3) is 6.51. The highest BCUT2D eigenvalue weighted by molar-refractivity contribution is 9.10. The van der Waals surface area contributed by atoms with E-state index in [-0.39, 0.29) is 11.8 Å². The summed E-state index contributed by atoms with van der Waals surface area (Å²) in [6.07, 6.45) is 0. The Bertz CT molecular complexity index is 989. The van der Waals surface area contributed by atoms with Crippen LogP contribution in [0.2, 0.25) is 5.02 Å². The van der Waals surface area contributed by atoms with Crippen molar-refractivity contribution >= 4 is 44.8 Å². The van der Waals surface area contributed by atoms with Crippen LogP contribution in [0.1, 0.15) is 25.0 Å². The lowest BCUT2D eigenvalue weighted by atomic mass is 10.2. The second kappa shape index (κ2) is 10.5. The van der Waals surface area contributed by atoms with Crippen LogP contribution in [0.5, 0.6) is 5.75 Å². The zero-order chi connectivity index (χ0) is 21.5. The van der Waals surface area contributed by atoms with Gasteiger partial charge in [-0.3, -0.25) is 4.79 Å². The number of halogens is 2. The van der Waals surface area contributed by atoms with Crippen LogP contribution in [-0.4, -0.2) is 5.91 Å². The molecule has 4 nitrogen and oxygen atoms in total. The summed E-state index contributed by atoms with van der Waals surface area (Å²) in [5.74, 6) is 0.761. The molecule has 0 fully saturated rings. The van der Waals surface area contributed by atoms with Gasteiger partial charge in [0.15, 0.2) is 0 Å². The van der Waals surface area contributed by atoms with Gasteiger partial charge in [0.05, 0.1) is 4.47 Å². The molecule has 0 saturated carbocycles. The van der Waals surface area contributed by atoms with Crippen LogP contribution in [0.15, 0.2) is 71.2 Å². The van der Waals surface area contributed by atoms with Crippen LogP contribution in [0.4, 0.5) is 11.4 Å². The van der Waals surface area contributed by atoms with E-state index < -0.39 is 0 Å². The molecule has 3 rings (SSSR count). The lowest BCUT2D eigenvalue weighted by Crippen LogP contribution is -2.17. The van der Waals surface area contributed by atoms with Gasteiger partial charge in [0, 0.05) is 28.9 Å². The Hall–Kier alpha value is -2.50. The van der Waals surface area contributed by atoms with Gasteiger partial charge in [-0.15, -0.1) is 0 Å². The SMILES string of the molecule is CC(C)C(=O)Nc1ccc(NCc2ccc(OCc3ccc(Cl)cc3)c(Br)c2)cc1. The number of carbonyl (C=O) groups excluding carboxylic acids is 1. The molecule has 6 heteroatoms. The van der Waals surface area contributed by atoms with Gasteiger partial charge in [-0.1, -0.05) is 43.6 Å². The van der Waals surface area contributed by atoms with Crippen LogP contribution in [0.3, 0.4) is 0 Å². The number of rotatable bonds is 8. The van der Waals surface area contributed by atoms with Crippen molar-refractivity contribution in [2.75, 3.05) is 10.6 Å². The molecule has 30 heavy (non-hydrogen) atoms. The van der Waals surface area contributed by atoms with E-state index in [1.807, 2.05) is 80.6 Å². The van der Waals surface area contributed by atoms with Crippen LogP contribution in [0, 0.1) is 5.92 Å². The Morgan fingerprint density at radius 1 is 0.967 bits per heavy atom. The van der Waals surface area contributed by atoms with Crippen molar-refractivity contribution in [1.29, 1.82) is 0 Å². The fourth-order valence-electron chi connectivity index (χ4n) is 2.68. The first-order valence-electron chi connectivity index (χ1n) is 9.71. The molecule has 2 N–H and O–H groups in total. The molecule has 3 aromatic rings. The monoisotopic (exact) mass is 486 g/mol. The van der Waals surface area contributed by atoms with E-state index >= 15 is 0 Å². The Kier molecular flexibility index (Phi) is 7.77. The predicted molar refractivity (Wildman–Crippen MR) is 127 cm³/mol. The highest BCUT2D eigenvalue weighted by Gasteiger charge is 2.07. The Morgan fingerprint density at radius 3 is 2.23 bits per heavy atom. The van der Waals surface area contributed by atoms with Crippen molar-refractivity contribution < 1.29 is 9.53 Å². The minimum Gasteiger partial charge on any atom is -0.488 e. The number of anilines is 2. The third-order valence-corrected chi connectivity index (χ3v) is 5.35. The van der Waals surface area contributed by atoms with E-state index in [0.29, 0.717) is 18.2 Å². The predicted octanol–water partition coefficient (Wildman–Crippen LogP) is 6.89. The van der Waals surface area contributed by atoms with Crippen LogP contribution < -0.4 is 15.4 Å². The van der Waals surface area contributed by atoms with Gasteiger partial charge in [-0.2, -0.15) is 0 Å². The summed E-state index contributed by atoms with van der Waals surface area (Å²) in [5, 5.41) is 6.99. The number of benzene rings is 3. The van der Waals surface area contributed by atoms with Crippen LogP contribution in [0.25, 0.3) is 0 Å². The second-order valence-corrected chi connectivity index (χ2v) is 8.55. The summed E-state index contributed by atoms with van der Waals surface area (Å²) in [4.78, 5) is 11.8. The number of ether oxygens (including phenoxy) is 1. The number of amides is 1. The van der Waals surface area contributed by atoms with Gasteiger partial charge in [0.25, 0.3) is 0 Å². The molecule has 0 aliphatic heterocycles. The molecule has 156 valence electrons. The van der Waals surface area contributed by atoms with Gasteiger partial charge in [-0.25, -0.2) is 0 Å². The van der Waals surface area contributed by atoms with E-state index in [4.69, 9.17) is 16.3 Å². The van der Waals surface area contributed by atoms with Crippen LogP contribution >= 0.6 is 27.5 Å². The molecule has 0 spiro atoms. The van der Waals surface area contributed by atoms with E-state index in [1.165, 1.54) is 0 Å². The highest BCUT2D eigenvalue weighted by atomic mass is 79.9. The molecule has 0 radical (unpaired) electrons. The molecule has 0 aliphatic carbocycles.